The molecule has 96 valence electrons. The van der Waals surface area contributed by atoms with Gasteiger partial charge in [0.2, 0.25) is 0 Å². The fourth-order valence-corrected chi connectivity index (χ4v) is 1.62. The monoisotopic (exact) mass is 229 g/mol. The Morgan fingerprint density at radius 2 is 1.69 bits per heavy atom. The Morgan fingerprint density at radius 1 is 1.19 bits per heavy atom. The van der Waals surface area contributed by atoms with Gasteiger partial charge in [0.05, 0.1) is 5.92 Å². The maximum Gasteiger partial charge on any atom is 0.309 e. The van der Waals surface area contributed by atoms with E-state index in [2.05, 4.69) is 41.5 Å². The van der Waals surface area contributed by atoms with Gasteiger partial charge in [0.1, 0.15) is 6.61 Å². The van der Waals surface area contributed by atoms with E-state index in [1.54, 1.807) is 0 Å². The molecule has 0 aromatic carbocycles. The molecule has 3 nitrogen and oxygen atoms in total. The van der Waals surface area contributed by atoms with Crippen molar-refractivity contribution < 1.29 is 9.53 Å². The number of carbonyl (C=O) groups excluding carboxylic acids is 1. The molecule has 0 aromatic heterocycles. The highest BCUT2D eigenvalue weighted by atomic mass is 16.5. The van der Waals surface area contributed by atoms with Crippen molar-refractivity contribution >= 4 is 5.97 Å². The van der Waals surface area contributed by atoms with Crippen LogP contribution in [0.15, 0.2) is 0 Å². The maximum absolute atomic E-state index is 11.9. The number of rotatable bonds is 4. The van der Waals surface area contributed by atoms with Crippen molar-refractivity contribution in [3.63, 3.8) is 0 Å². The molecule has 0 aliphatic carbocycles. The molecule has 16 heavy (non-hydrogen) atoms. The highest BCUT2D eigenvalue weighted by Crippen LogP contribution is 2.36. The summed E-state index contributed by atoms with van der Waals surface area (Å²) in [6, 6.07) is 0. The van der Waals surface area contributed by atoms with E-state index in [1.165, 1.54) is 0 Å². The van der Waals surface area contributed by atoms with Crippen molar-refractivity contribution in [1.29, 1.82) is 0 Å². The van der Waals surface area contributed by atoms with Gasteiger partial charge >= 0.3 is 5.97 Å². The van der Waals surface area contributed by atoms with Gasteiger partial charge in [-0.05, 0) is 17.3 Å². The van der Waals surface area contributed by atoms with Gasteiger partial charge in [0.25, 0.3) is 0 Å². The lowest BCUT2D eigenvalue weighted by atomic mass is 9.72. The first-order valence-electron chi connectivity index (χ1n) is 5.94. The van der Waals surface area contributed by atoms with Gasteiger partial charge in [-0.25, -0.2) is 0 Å². The number of carbonyl (C=O) groups is 1. The highest BCUT2D eigenvalue weighted by molar-refractivity contribution is 5.73. The van der Waals surface area contributed by atoms with Gasteiger partial charge in [0.15, 0.2) is 0 Å². The van der Waals surface area contributed by atoms with Crippen LogP contribution in [0.1, 0.15) is 48.0 Å². The Kier molecular flexibility index (Phi) is 5.47. The number of hydrogen-bond acceptors (Lipinski definition) is 3. The number of esters is 1. The second-order valence-electron chi connectivity index (χ2n) is 6.64. The zero-order valence-corrected chi connectivity index (χ0v) is 11.6. The number of ether oxygens (including phenoxy) is 1. The standard InChI is InChI=1S/C13H27NO2/c1-12(2,3)9-10(13(4,5)6)11(15)16-8-7-14/h10H,7-9,14H2,1-6H3. The molecule has 3 heteroatoms. The predicted molar refractivity (Wildman–Crippen MR) is 67.0 cm³/mol. The van der Waals surface area contributed by atoms with Crippen LogP contribution in [0.3, 0.4) is 0 Å². The smallest absolute Gasteiger partial charge is 0.309 e. The van der Waals surface area contributed by atoms with Crippen LogP contribution in [-0.2, 0) is 9.53 Å². The average molecular weight is 229 g/mol. The van der Waals surface area contributed by atoms with Crippen LogP contribution in [0, 0.1) is 16.7 Å². The lowest BCUT2D eigenvalue weighted by molar-refractivity contribution is -0.153. The molecule has 0 saturated carbocycles. The van der Waals surface area contributed by atoms with Crippen LogP contribution in [0.25, 0.3) is 0 Å². The van der Waals surface area contributed by atoms with Crippen molar-refractivity contribution in [2.24, 2.45) is 22.5 Å². The molecule has 1 unspecified atom stereocenters. The summed E-state index contributed by atoms with van der Waals surface area (Å²) in [6.45, 7) is 13.4. The van der Waals surface area contributed by atoms with E-state index in [0.29, 0.717) is 13.2 Å². The SMILES string of the molecule is CC(C)(C)CC(C(=O)OCCN)C(C)(C)C. The molecule has 0 spiro atoms. The van der Waals surface area contributed by atoms with Crippen molar-refractivity contribution in [1.82, 2.24) is 0 Å². The van der Waals surface area contributed by atoms with E-state index >= 15 is 0 Å². The average Bonchev–Trinajstić information content (AvgIpc) is 2.07. The van der Waals surface area contributed by atoms with Crippen molar-refractivity contribution in [2.45, 2.75) is 48.0 Å². The largest absolute Gasteiger partial charge is 0.464 e. The van der Waals surface area contributed by atoms with Crippen LogP contribution in [0.4, 0.5) is 0 Å². The minimum atomic E-state index is -0.118. The zero-order valence-electron chi connectivity index (χ0n) is 11.6. The summed E-state index contributed by atoms with van der Waals surface area (Å²) in [5.74, 6) is -0.188. The van der Waals surface area contributed by atoms with Gasteiger partial charge < -0.3 is 10.5 Å². The molecule has 0 aromatic rings. The van der Waals surface area contributed by atoms with Gasteiger partial charge in [-0.15, -0.1) is 0 Å². The second-order valence-corrected chi connectivity index (χ2v) is 6.64. The van der Waals surface area contributed by atoms with Crippen LogP contribution >= 0.6 is 0 Å². The quantitative estimate of drug-likeness (QED) is 0.754. The summed E-state index contributed by atoms with van der Waals surface area (Å²) >= 11 is 0. The van der Waals surface area contributed by atoms with Gasteiger partial charge in [-0.3, -0.25) is 4.79 Å². The first kappa shape index (κ1) is 15.4. The third-order valence-electron chi connectivity index (χ3n) is 2.51. The van der Waals surface area contributed by atoms with Crippen molar-refractivity contribution in [2.75, 3.05) is 13.2 Å². The summed E-state index contributed by atoms with van der Waals surface area (Å²) in [7, 11) is 0. The number of nitrogens with two attached hydrogens (primary N) is 1. The first-order valence-corrected chi connectivity index (χ1v) is 5.94. The van der Waals surface area contributed by atoms with Crippen LogP contribution in [-0.4, -0.2) is 19.1 Å². The normalized spacial score (nSPS) is 14.7. The van der Waals surface area contributed by atoms with E-state index in [4.69, 9.17) is 10.5 Å². The molecule has 1 atom stereocenters. The molecule has 0 rings (SSSR count). The minimum absolute atomic E-state index is 0.0703. The van der Waals surface area contributed by atoms with Gasteiger partial charge in [-0.1, -0.05) is 41.5 Å². The van der Waals surface area contributed by atoms with E-state index in [0.717, 1.165) is 6.42 Å². The van der Waals surface area contributed by atoms with E-state index in [9.17, 15) is 4.79 Å². The highest BCUT2D eigenvalue weighted by Gasteiger charge is 2.35. The van der Waals surface area contributed by atoms with Crippen LogP contribution < -0.4 is 5.73 Å². The predicted octanol–water partition coefficient (Wildman–Crippen LogP) is 2.59. The van der Waals surface area contributed by atoms with Gasteiger partial charge in [-0.2, -0.15) is 0 Å². The molecule has 0 amide bonds. The lowest BCUT2D eigenvalue weighted by Gasteiger charge is -2.33. The first-order chi connectivity index (χ1) is 7.08. The molecule has 0 aliphatic rings. The Balaban J connectivity index is 4.62. The van der Waals surface area contributed by atoms with Gasteiger partial charge in [0, 0.05) is 6.54 Å². The topological polar surface area (TPSA) is 52.3 Å². The fourth-order valence-electron chi connectivity index (χ4n) is 1.62. The summed E-state index contributed by atoms with van der Waals surface area (Å²) < 4.78 is 5.16. The molecular weight excluding hydrogens is 202 g/mol. The second kappa shape index (κ2) is 5.67. The molecule has 0 heterocycles. The summed E-state index contributed by atoms with van der Waals surface area (Å²) in [4.78, 5) is 11.9. The van der Waals surface area contributed by atoms with Crippen molar-refractivity contribution in [3.8, 4) is 0 Å². The van der Waals surface area contributed by atoms with Crippen LogP contribution in [0.2, 0.25) is 0 Å². The fraction of sp³-hybridized carbons (Fsp3) is 0.923. The summed E-state index contributed by atoms with van der Waals surface area (Å²) in [5, 5.41) is 0. The molecule has 0 saturated heterocycles. The third-order valence-corrected chi connectivity index (χ3v) is 2.51. The van der Waals surface area contributed by atoms with Crippen molar-refractivity contribution in [3.05, 3.63) is 0 Å². The summed E-state index contributed by atoms with van der Waals surface area (Å²) in [6.07, 6.45) is 0.833. The maximum atomic E-state index is 11.9. The molecular formula is C13H27NO2. The summed E-state index contributed by atoms with van der Waals surface area (Å²) in [5.41, 5.74) is 5.39. The minimum Gasteiger partial charge on any atom is -0.464 e. The molecule has 0 aliphatic heterocycles. The molecule has 0 fully saturated rings. The van der Waals surface area contributed by atoms with E-state index in [-0.39, 0.29) is 22.7 Å². The Labute approximate surface area is 99.7 Å². The molecule has 0 bridgehead atoms. The Hall–Kier alpha value is -0.570. The molecule has 0 radical (unpaired) electrons. The third kappa shape index (κ3) is 6.11. The zero-order chi connectivity index (χ0) is 13.0. The Bertz CT molecular complexity index is 223. The van der Waals surface area contributed by atoms with E-state index in [1.807, 2.05) is 0 Å². The number of hydrogen-bond donors (Lipinski definition) is 1. The van der Waals surface area contributed by atoms with Crippen LogP contribution in [0.5, 0.6) is 0 Å². The van der Waals surface area contributed by atoms with E-state index < -0.39 is 0 Å². The Morgan fingerprint density at radius 3 is 2.00 bits per heavy atom. The molecule has 2 N–H and O–H groups in total. The lowest BCUT2D eigenvalue weighted by Crippen LogP contribution is -2.34.